The lowest BCUT2D eigenvalue weighted by Gasteiger charge is -2.26. The Labute approximate surface area is 140 Å². The summed E-state index contributed by atoms with van der Waals surface area (Å²) in [6.07, 6.45) is 0.554. The van der Waals surface area contributed by atoms with Crippen LogP contribution in [0.3, 0.4) is 0 Å². The first kappa shape index (κ1) is 16.0. The van der Waals surface area contributed by atoms with Crippen molar-refractivity contribution < 1.29 is 13.2 Å². The monoisotopic (exact) mass is 349 g/mol. The molecule has 1 amide bonds. The number of carbonyl (C=O) groups excluding carboxylic acids is 1. The number of fused-ring (bicyclic) bond motifs is 1. The van der Waals surface area contributed by atoms with Gasteiger partial charge >= 0.3 is 0 Å². The molecular formula is C17H16ClNO3S. The standard InChI is InChI=1S/C17H16ClNO3S/c18-14-7-3-1-5-12(14)11-17(20)19-15-9-10-23(21,22)16-8-4-2-6-13(15)16/h1-8,15H,9-11H2,(H,19,20). The van der Waals surface area contributed by atoms with Gasteiger partial charge in [-0.2, -0.15) is 0 Å². The average Bonchev–Trinajstić information content (AvgIpc) is 2.53. The Balaban J connectivity index is 1.79. The van der Waals surface area contributed by atoms with E-state index in [-0.39, 0.29) is 24.1 Å². The Morgan fingerprint density at radius 3 is 2.61 bits per heavy atom. The van der Waals surface area contributed by atoms with E-state index in [4.69, 9.17) is 11.6 Å². The molecule has 2 aromatic carbocycles. The predicted octanol–water partition coefficient (Wildman–Crippen LogP) is 2.92. The third-order valence-corrected chi connectivity index (χ3v) is 6.13. The van der Waals surface area contributed by atoms with Crippen molar-refractivity contribution >= 4 is 27.3 Å². The van der Waals surface area contributed by atoms with Gasteiger partial charge < -0.3 is 5.32 Å². The second-order valence-electron chi connectivity index (χ2n) is 5.53. The van der Waals surface area contributed by atoms with Gasteiger partial charge in [0.05, 0.1) is 23.1 Å². The summed E-state index contributed by atoms with van der Waals surface area (Å²) in [5.41, 5.74) is 1.41. The van der Waals surface area contributed by atoms with Crippen LogP contribution in [-0.4, -0.2) is 20.1 Å². The lowest BCUT2D eigenvalue weighted by Crippen LogP contribution is -2.34. The number of rotatable bonds is 3. The highest BCUT2D eigenvalue weighted by Crippen LogP contribution is 2.32. The Bertz CT molecular complexity index is 848. The van der Waals surface area contributed by atoms with Gasteiger partial charge in [0.15, 0.2) is 9.84 Å². The molecule has 0 saturated carbocycles. The molecule has 0 spiro atoms. The van der Waals surface area contributed by atoms with Gasteiger partial charge in [0, 0.05) is 5.02 Å². The Morgan fingerprint density at radius 2 is 1.83 bits per heavy atom. The molecule has 3 rings (SSSR count). The summed E-state index contributed by atoms with van der Waals surface area (Å²) in [5, 5.41) is 3.48. The maximum absolute atomic E-state index is 12.3. The first-order valence-electron chi connectivity index (χ1n) is 7.32. The van der Waals surface area contributed by atoms with Crippen molar-refractivity contribution in [2.45, 2.75) is 23.8 Å². The lowest BCUT2D eigenvalue weighted by atomic mass is 10.0. The zero-order chi connectivity index (χ0) is 16.4. The van der Waals surface area contributed by atoms with E-state index in [2.05, 4.69) is 5.32 Å². The SMILES string of the molecule is O=C(Cc1ccccc1Cl)NC1CCS(=O)(=O)c2ccccc21. The molecule has 0 radical (unpaired) electrons. The molecule has 1 atom stereocenters. The van der Waals surface area contributed by atoms with Crippen molar-refractivity contribution in [1.29, 1.82) is 0 Å². The fraction of sp³-hybridized carbons (Fsp3) is 0.235. The molecule has 1 aliphatic heterocycles. The minimum absolute atomic E-state index is 0.0427. The number of carbonyl (C=O) groups is 1. The van der Waals surface area contributed by atoms with Crippen LogP contribution >= 0.6 is 11.6 Å². The molecule has 23 heavy (non-hydrogen) atoms. The minimum Gasteiger partial charge on any atom is -0.349 e. The Hall–Kier alpha value is -1.85. The fourth-order valence-electron chi connectivity index (χ4n) is 2.80. The number of nitrogens with one attached hydrogen (secondary N) is 1. The summed E-state index contributed by atoms with van der Waals surface area (Å²) in [5.74, 6) is -0.127. The molecule has 1 heterocycles. The van der Waals surface area contributed by atoms with Gasteiger partial charge in [0.25, 0.3) is 0 Å². The number of amides is 1. The van der Waals surface area contributed by atoms with E-state index >= 15 is 0 Å². The van der Waals surface area contributed by atoms with Crippen LogP contribution in [0.2, 0.25) is 5.02 Å². The number of halogens is 1. The molecule has 4 nitrogen and oxygen atoms in total. The normalized spacial score (nSPS) is 18.9. The second-order valence-corrected chi connectivity index (χ2v) is 8.02. The maximum Gasteiger partial charge on any atom is 0.224 e. The van der Waals surface area contributed by atoms with Crippen LogP contribution in [0.25, 0.3) is 0 Å². The summed E-state index contributed by atoms with van der Waals surface area (Å²) in [6, 6.07) is 13.7. The summed E-state index contributed by atoms with van der Waals surface area (Å²) in [4.78, 5) is 12.6. The molecule has 1 aliphatic rings. The van der Waals surface area contributed by atoms with E-state index in [1.165, 1.54) is 0 Å². The first-order chi connectivity index (χ1) is 11.0. The lowest BCUT2D eigenvalue weighted by molar-refractivity contribution is -0.121. The molecule has 120 valence electrons. The highest BCUT2D eigenvalue weighted by Gasteiger charge is 2.30. The van der Waals surface area contributed by atoms with Crippen LogP contribution in [0.15, 0.2) is 53.4 Å². The van der Waals surface area contributed by atoms with E-state index in [1.54, 1.807) is 36.4 Å². The number of hydrogen-bond donors (Lipinski definition) is 1. The number of benzene rings is 2. The van der Waals surface area contributed by atoms with Crippen molar-refractivity contribution in [3.8, 4) is 0 Å². The van der Waals surface area contributed by atoms with Gasteiger partial charge in [-0.1, -0.05) is 48.0 Å². The van der Waals surface area contributed by atoms with E-state index in [1.807, 2.05) is 12.1 Å². The largest absolute Gasteiger partial charge is 0.349 e. The predicted molar refractivity (Wildman–Crippen MR) is 89.2 cm³/mol. The Morgan fingerprint density at radius 1 is 1.13 bits per heavy atom. The molecule has 0 bridgehead atoms. The quantitative estimate of drug-likeness (QED) is 0.926. The molecule has 6 heteroatoms. The molecular weight excluding hydrogens is 334 g/mol. The maximum atomic E-state index is 12.3. The summed E-state index contributed by atoms with van der Waals surface area (Å²) in [7, 11) is -3.25. The van der Waals surface area contributed by atoms with Crippen LogP contribution in [-0.2, 0) is 21.1 Å². The molecule has 2 aromatic rings. The van der Waals surface area contributed by atoms with Crippen molar-refractivity contribution in [1.82, 2.24) is 5.32 Å². The molecule has 0 fully saturated rings. The van der Waals surface area contributed by atoms with Crippen molar-refractivity contribution in [3.05, 3.63) is 64.7 Å². The van der Waals surface area contributed by atoms with E-state index in [0.29, 0.717) is 21.9 Å². The minimum atomic E-state index is -3.25. The highest BCUT2D eigenvalue weighted by atomic mass is 35.5. The van der Waals surface area contributed by atoms with Gasteiger partial charge in [-0.25, -0.2) is 8.42 Å². The van der Waals surface area contributed by atoms with Gasteiger partial charge in [-0.3, -0.25) is 4.79 Å². The van der Waals surface area contributed by atoms with Crippen LogP contribution < -0.4 is 5.32 Å². The number of hydrogen-bond acceptors (Lipinski definition) is 3. The van der Waals surface area contributed by atoms with E-state index in [0.717, 1.165) is 5.56 Å². The van der Waals surface area contributed by atoms with E-state index in [9.17, 15) is 13.2 Å². The van der Waals surface area contributed by atoms with Crippen molar-refractivity contribution in [2.75, 3.05) is 5.75 Å². The van der Waals surface area contributed by atoms with Gasteiger partial charge in [-0.15, -0.1) is 0 Å². The summed E-state index contributed by atoms with van der Waals surface area (Å²) < 4.78 is 24.2. The first-order valence-corrected chi connectivity index (χ1v) is 9.35. The van der Waals surface area contributed by atoms with Gasteiger partial charge in [-0.05, 0) is 29.7 Å². The van der Waals surface area contributed by atoms with Crippen LogP contribution in [0.5, 0.6) is 0 Å². The molecule has 1 N–H and O–H groups in total. The fourth-order valence-corrected chi connectivity index (χ4v) is 4.62. The molecule has 0 aliphatic carbocycles. The van der Waals surface area contributed by atoms with Gasteiger partial charge in [0.2, 0.25) is 5.91 Å². The van der Waals surface area contributed by atoms with Crippen molar-refractivity contribution in [3.63, 3.8) is 0 Å². The molecule has 1 unspecified atom stereocenters. The van der Waals surface area contributed by atoms with Crippen LogP contribution in [0.1, 0.15) is 23.6 Å². The second kappa shape index (κ2) is 6.34. The average molecular weight is 350 g/mol. The third kappa shape index (κ3) is 3.41. The van der Waals surface area contributed by atoms with Crippen molar-refractivity contribution in [2.24, 2.45) is 0 Å². The summed E-state index contributed by atoms with van der Waals surface area (Å²) in [6.45, 7) is 0. The number of sulfone groups is 1. The highest BCUT2D eigenvalue weighted by molar-refractivity contribution is 7.91. The van der Waals surface area contributed by atoms with E-state index < -0.39 is 9.84 Å². The third-order valence-electron chi connectivity index (χ3n) is 3.95. The zero-order valence-electron chi connectivity index (χ0n) is 12.3. The van der Waals surface area contributed by atoms with Gasteiger partial charge in [0.1, 0.15) is 0 Å². The van der Waals surface area contributed by atoms with Crippen LogP contribution in [0.4, 0.5) is 0 Å². The summed E-state index contributed by atoms with van der Waals surface area (Å²) >= 11 is 6.07. The zero-order valence-corrected chi connectivity index (χ0v) is 13.9. The smallest absolute Gasteiger partial charge is 0.224 e. The Kier molecular flexibility index (Phi) is 4.41. The topological polar surface area (TPSA) is 63.2 Å². The molecule has 0 aromatic heterocycles. The molecule has 0 saturated heterocycles. The van der Waals surface area contributed by atoms with Crippen LogP contribution in [0, 0.1) is 0 Å².